The predicted octanol–water partition coefficient (Wildman–Crippen LogP) is -0.385. The van der Waals surface area contributed by atoms with E-state index in [1.807, 2.05) is 4.90 Å². The van der Waals surface area contributed by atoms with Gasteiger partial charge in [-0.3, -0.25) is 19.3 Å². The summed E-state index contributed by atoms with van der Waals surface area (Å²) < 4.78 is 14.2. The Kier molecular flexibility index (Phi) is 5.23. The maximum atomic E-state index is 12.6. The van der Waals surface area contributed by atoms with Crippen molar-refractivity contribution >= 4 is 5.91 Å². The number of ether oxygens (including phenoxy) is 2. The van der Waals surface area contributed by atoms with Crippen LogP contribution in [0.1, 0.15) is 24.4 Å². The number of aryl methyl sites for hydroxylation is 1. The van der Waals surface area contributed by atoms with Crippen LogP contribution in [-0.2, 0) is 40.4 Å². The molecule has 10 nitrogen and oxygen atoms in total. The van der Waals surface area contributed by atoms with Crippen LogP contribution < -0.4 is 5.69 Å². The average molecular weight is 388 g/mol. The number of amides is 1. The molecule has 150 valence electrons. The molecule has 1 fully saturated rings. The Bertz CT molecular complexity index is 895. The molecule has 2 aromatic rings. The molecule has 10 heteroatoms. The number of nitrogens with zero attached hydrogens (tertiary/aromatic N) is 6. The van der Waals surface area contributed by atoms with Crippen molar-refractivity contribution in [3.63, 3.8) is 0 Å². The molecule has 1 atom stereocenters. The fraction of sp³-hybridized carbons (Fsp3) is 0.611. The molecule has 4 rings (SSSR count). The molecule has 1 amide bonds. The molecule has 1 unspecified atom stereocenters. The molecule has 0 N–H and O–H groups in total. The van der Waals surface area contributed by atoms with Gasteiger partial charge in [0.2, 0.25) is 5.91 Å². The van der Waals surface area contributed by atoms with E-state index >= 15 is 0 Å². The van der Waals surface area contributed by atoms with E-state index in [9.17, 15) is 9.59 Å². The van der Waals surface area contributed by atoms with Crippen molar-refractivity contribution in [2.45, 2.75) is 44.6 Å². The first-order chi connectivity index (χ1) is 13.6. The van der Waals surface area contributed by atoms with E-state index in [0.717, 1.165) is 5.69 Å². The second kappa shape index (κ2) is 7.80. The van der Waals surface area contributed by atoms with Gasteiger partial charge < -0.3 is 14.4 Å². The number of hydrogen-bond donors (Lipinski definition) is 0. The first-order valence-corrected chi connectivity index (χ1v) is 9.42. The molecule has 2 aliphatic heterocycles. The molecule has 1 spiro atoms. The highest BCUT2D eigenvalue weighted by Gasteiger charge is 2.44. The number of carbonyl (C=O) groups excluding carboxylic acids is 1. The van der Waals surface area contributed by atoms with Gasteiger partial charge in [0.25, 0.3) is 0 Å². The van der Waals surface area contributed by atoms with Crippen molar-refractivity contribution in [2.24, 2.45) is 0 Å². The lowest BCUT2D eigenvalue weighted by atomic mass is 10.0. The molecule has 0 bridgehead atoms. The molecule has 28 heavy (non-hydrogen) atoms. The third-order valence-electron chi connectivity index (χ3n) is 5.34. The molecule has 4 heterocycles. The quantitative estimate of drug-likeness (QED) is 0.664. The Hall–Kier alpha value is -2.59. The lowest BCUT2D eigenvalue weighted by Gasteiger charge is -2.33. The zero-order valence-electron chi connectivity index (χ0n) is 15.9. The predicted molar refractivity (Wildman–Crippen MR) is 97.4 cm³/mol. The van der Waals surface area contributed by atoms with E-state index in [-0.39, 0.29) is 18.2 Å². The van der Waals surface area contributed by atoms with Gasteiger partial charge in [0.15, 0.2) is 5.82 Å². The lowest BCUT2D eigenvalue weighted by Crippen LogP contribution is -2.47. The first-order valence-electron chi connectivity index (χ1n) is 9.42. The Morgan fingerprint density at radius 1 is 1.36 bits per heavy atom. The SMILES string of the molecule is COCCn1nc2n(c1=O)CC1(CCN(C(=O)CCc3cnccn3)C1)OC2. The summed E-state index contributed by atoms with van der Waals surface area (Å²) in [6.07, 6.45) is 6.57. The van der Waals surface area contributed by atoms with Crippen LogP contribution in [0.2, 0.25) is 0 Å². The van der Waals surface area contributed by atoms with Crippen LogP contribution in [0.5, 0.6) is 0 Å². The largest absolute Gasteiger partial charge is 0.383 e. The standard InChI is InChI=1S/C18H24N6O4/c1-27-9-8-24-17(26)23-13-18(28-11-15(23)21-24)4-7-22(12-18)16(25)3-2-14-10-19-5-6-20-14/h5-6,10H,2-4,7-9,11-13H2,1H3. The van der Waals surface area contributed by atoms with Gasteiger partial charge in [-0.05, 0) is 12.8 Å². The van der Waals surface area contributed by atoms with Gasteiger partial charge in [0.1, 0.15) is 12.2 Å². The molecule has 2 aliphatic rings. The van der Waals surface area contributed by atoms with Crippen LogP contribution in [0.25, 0.3) is 0 Å². The summed E-state index contributed by atoms with van der Waals surface area (Å²) in [4.78, 5) is 35.2. The summed E-state index contributed by atoms with van der Waals surface area (Å²) in [5.41, 5.74) is 0.134. The van der Waals surface area contributed by atoms with E-state index < -0.39 is 5.60 Å². The van der Waals surface area contributed by atoms with Gasteiger partial charge in [0, 0.05) is 38.7 Å². The van der Waals surface area contributed by atoms with Crippen LogP contribution in [-0.4, -0.2) is 67.5 Å². The average Bonchev–Trinajstić information content (AvgIpc) is 3.27. The third kappa shape index (κ3) is 3.69. The molecular formula is C18H24N6O4. The molecule has 1 saturated heterocycles. The van der Waals surface area contributed by atoms with E-state index in [4.69, 9.17) is 9.47 Å². The molecule has 0 aromatic carbocycles. The second-order valence-corrected chi connectivity index (χ2v) is 7.23. The second-order valence-electron chi connectivity index (χ2n) is 7.23. The molecular weight excluding hydrogens is 364 g/mol. The van der Waals surface area contributed by atoms with Gasteiger partial charge in [-0.2, -0.15) is 5.10 Å². The Morgan fingerprint density at radius 3 is 3.04 bits per heavy atom. The molecule has 0 aliphatic carbocycles. The van der Waals surface area contributed by atoms with Crippen molar-refractivity contribution in [2.75, 3.05) is 26.8 Å². The first kappa shape index (κ1) is 18.8. The number of hydrogen-bond acceptors (Lipinski definition) is 7. The summed E-state index contributed by atoms with van der Waals surface area (Å²) in [5, 5.41) is 4.33. The van der Waals surface area contributed by atoms with Gasteiger partial charge in [-0.15, -0.1) is 0 Å². The highest BCUT2D eigenvalue weighted by Crippen LogP contribution is 2.31. The zero-order valence-corrected chi connectivity index (χ0v) is 15.9. The normalized spacial score (nSPS) is 21.2. The van der Waals surface area contributed by atoms with Crippen LogP contribution >= 0.6 is 0 Å². The van der Waals surface area contributed by atoms with Crippen molar-refractivity contribution in [3.8, 4) is 0 Å². The Morgan fingerprint density at radius 2 is 2.25 bits per heavy atom. The van der Waals surface area contributed by atoms with Crippen molar-refractivity contribution in [1.82, 2.24) is 29.2 Å². The third-order valence-corrected chi connectivity index (χ3v) is 5.34. The van der Waals surface area contributed by atoms with Crippen LogP contribution in [0.15, 0.2) is 23.4 Å². The smallest absolute Gasteiger partial charge is 0.346 e. The molecule has 0 saturated carbocycles. The van der Waals surface area contributed by atoms with Crippen LogP contribution in [0, 0.1) is 0 Å². The minimum atomic E-state index is -0.520. The Balaban J connectivity index is 1.39. The van der Waals surface area contributed by atoms with Crippen molar-refractivity contribution < 1.29 is 14.3 Å². The summed E-state index contributed by atoms with van der Waals surface area (Å²) in [7, 11) is 1.59. The summed E-state index contributed by atoms with van der Waals surface area (Å²) in [6.45, 7) is 2.65. The lowest BCUT2D eigenvalue weighted by molar-refractivity contribution is -0.133. The van der Waals surface area contributed by atoms with Gasteiger partial charge in [-0.1, -0.05) is 0 Å². The number of aromatic nitrogens is 5. The number of rotatable bonds is 6. The maximum absolute atomic E-state index is 12.6. The summed E-state index contributed by atoms with van der Waals surface area (Å²) in [6, 6.07) is 0. The number of methoxy groups -OCH3 is 1. The highest BCUT2D eigenvalue weighted by molar-refractivity contribution is 5.76. The number of likely N-dealkylation sites (tertiary alicyclic amines) is 1. The molecule has 0 radical (unpaired) electrons. The highest BCUT2D eigenvalue weighted by atomic mass is 16.5. The van der Waals surface area contributed by atoms with Gasteiger partial charge in [-0.25, -0.2) is 9.48 Å². The van der Waals surface area contributed by atoms with E-state index in [0.29, 0.717) is 57.9 Å². The van der Waals surface area contributed by atoms with E-state index in [1.165, 1.54) is 4.68 Å². The van der Waals surface area contributed by atoms with E-state index in [2.05, 4.69) is 15.1 Å². The van der Waals surface area contributed by atoms with Gasteiger partial charge in [0.05, 0.1) is 31.9 Å². The Labute approximate surface area is 162 Å². The topological polar surface area (TPSA) is 104 Å². The molecule has 2 aromatic heterocycles. The van der Waals surface area contributed by atoms with Gasteiger partial charge >= 0.3 is 5.69 Å². The van der Waals surface area contributed by atoms with E-state index in [1.54, 1.807) is 30.3 Å². The monoisotopic (exact) mass is 388 g/mol. The minimum absolute atomic E-state index is 0.0695. The number of fused-ring (bicyclic) bond motifs is 1. The van der Waals surface area contributed by atoms with Crippen LogP contribution in [0.3, 0.4) is 0 Å². The zero-order chi connectivity index (χ0) is 19.6. The fourth-order valence-electron chi connectivity index (χ4n) is 3.78. The summed E-state index contributed by atoms with van der Waals surface area (Å²) >= 11 is 0. The number of carbonyl (C=O) groups is 1. The van der Waals surface area contributed by atoms with Crippen molar-refractivity contribution in [1.29, 1.82) is 0 Å². The van der Waals surface area contributed by atoms with Crippen LogP contribution in [0.4, 0.5) is 0 Å². The fourth-order valence-corrected chi connectivity index (χ4v) is 3.78. The maximum Gasteiger partial charge on any atom is 0.346 e. The minimum Gasteiger partial charge on any atom is -0.383 e. The summed E-state index contributed by atoms with van der Waals surface area (Å²) in [5.74, 6) is 0.694. The van der Waals surface area contributed by atoms with Crippen molar-refractivity contribution in [3.05, 3.63) is 40.6 Å².